The zero-order valence-corrected chi connectivity index (χ0v) is 20.9. The zero-order chi connectivity index (χ0) is 25.2. The topological polar surface area (TPSA) is 66.7 Å². The molecule has 36 heavy (non-hydrogen) atoms. The Hall–Kier alpha value is -3.90. The summed E-state index contributed by atoms with van der Waals surface area (Å²) < 4.78 is 5.49. The van der Waals surface area contributed by atoms with E-state index in [9.17, 15) is 9.59 Å². The number of amides is 2. The van der Waals surface area contributed by atoms with Crippen molar-refractivity contribution in [2.24, 2.45) is 0 Å². The Morgan fingerprint density at radius 3 is 2.44 bits per heavy atom. The lowest BCUT2D eigenvalue weighted by Gasteiger charge is -2.43. The number of fused-ring (bicyclic) bond motifs is 1. The van der Waals surface area contributed by atoms with Crippen molar-refractivity contribution in [1.82, 2.24) is 5.16 Å². The van der Waals surface area contributed by atoms with Crippen molar-refractivity contribution in [1.29, 1.82) is 0 Å². The van der Waals surface area contributed by atoms with Crippen LogP contribution in [0.25, 0.3) is 11.3 Å². The number of carbonyl (C=O) groups is 2. The van der Waals surface area contributed by atoms with Crippen LogP contribution >= 0.6 is 11.6 Å². The first-order valence-corrected chi connectivity index (χ1v) is 12.4. The summed E-state index contributed by atoms with van der Waals surface area (Å²) in [6.45, 7) is 3.87. The van der Waals surface area contributed by atoms with Gasteiger partial charge in [-0.05, 0) is 49.2 Å². The molecule has 7 heteroatoms. The van der Waals surface area contributed by atoms with Crippen LogP contribution in [0.3, 0.4) is 0 Å². The van der Waals surface area contributed by atoms with Gasteiger partial charge >= 0.3 is 0 Å². The second-order valence-corrected chi connectivity index (χ2v) is 9.31. The molecule has 182 valence electrons. The normalized spacial score (nSPS) is 16.9. The van der Waals surface area contributed by atoms with E-state index < -0.39 is 0 Å². The third-order valence-corrected chi connectivity index (χ3v) is 6.81. The highest BCUT2D eigenvalue weighted by Gasteiger charge is 2.39. The zero-order valence-electron chi connectivity index (χ0n) is 20.1. The van der Waals surface area contributed by atoms with Crippen LogP contribution < -0.4 is 9.80 Å². The van der Waals surface area contributed by atoms with Crippen LogP contribution in [-0.4, -0.2) is 23.0 Å². The first-order chi connectivity index (χ1) is 17.5. The first-order valence-electron chi connectivity index (χ1n) is 12.0. The molecule has 6 nitrogen and oxygen atoms in total. The smallest absolute Gasteiger partial charge is 0.297 e. The Labute approximate surface area is 215 Å². The molecule has 0 saturated heterocycles. The van der Waals surface area contributed by atoms with E-state index in [0.717, 1.165) is 22.5 Å². The Kier molecular flexibility index (Phi) is 6.61. The van der Waals surface area contributed by atoms with Crippen molar-refractivity contribution < 1.29 is 14.1 Å². The van der Waals surface area contributed by atoms with Crippen molar-refractivity contribution in [2.45, 2.75) is 38.8 Å². The highest BCUT2D eigenvalue weighted by Crippen LogP contribution is 2.43. The van der Waals surface area contributed by atoms with Crippen LogP contribution in [0.5, 0.6) is 0 Å². The van der Waals surface area contributed by atoms with E-state index in [4.69, 9.17) is 16.1 Å². The van der Waals surface area contributed by atoms with E-state index in [0.29, 0.717) is 23.6 Å². The maximum absolute atomic E-state index is 13.7. The monoisotopic (exact) mass is 499 g/mol. The summed E-state index contributed by atoms with van der Waals surface area (Å²) in [5.41, 5.74) is 3.91. The molecule has 0 bridgehead atoms. The molecule has 5 rings (SSSR count). The number of halogens is 1. The largest absolute Gasteiger partial charge is 0.350 e. The molecule has 1 aliphatic rings. The molecule has 1 aromatic heterocycles. The van der Waals surface area contributed by atoms with E-state index in [-0.39, 0.29) is 29.7 Å². The summed E-state index contributed by atoms with van der Waals surface area (Å²) >= 11 is 5.99. The molecule has 0 spiro atoms. The van der Waals surface area contributed by atoms with Crippen molar-refractivity contribution in [2.75, 3.05) is 9.80 Å². The van der Waals surface area contributed by atoms with Gasteiger partial charge in [0.15, 0.2) is 0 Å². The molecule has 0 saturated carbocycles. The minimum Gasteiger partial charge on any atom is -0.350 e. The Bertz CT molecular complexity index is 1380. The molecular weight excluding hydrogens is 474 g/mol. The van der Waals surface area contributed by atoms with Crippen molar-refractivity contribution in [3.63, 3.8) is 0 Å². The fourth-order valence-corrected chi connectivity index (χ4v) is 4.97. The molecule has 0 N–H and O–H groups in total. The lowest BCUT2D eigenvalue weighted by molar-refractivity contribution is -0.118. The van der Waals surface area contributed by atoms with Gasteiger partial charge in [-0.2, -0.15) is 0 Å². The maximum atomic E-state index is 13.7. The van der Waals surface area contributed by atoms with Gasteiger partial charge in [-0.25, -0.2) is 0 Å². The standard InChI is InChI=1S/C29H26ClN3O3/c1-3-28(34)33(22-9-5-4-6-10-22)26-17-19(2)32(25-12-8-7-11-23(25)26)29(35)27-18-24(31-36-27)20-13-15-21(30)16-14-20/h4-16,18-19,26H,3,17H2,1-2H3/t19?,26-/m0/s1. The molecule has 1 aliphatic heterocycles. The van der Waals surface area contributed by atoms with Crippen LogP contribution in [0.2, 0.25) is 5.02 Å². The molecule has 1 unspecified atom stereocenters. The van der Waals surface area contributed by atoms with Crippen LogP contribution in [-0.2, 0) is 4.79 Å². The SMILES string of the molecule is CCC(=O)N(c1ccccc1)[C@H]1CC(C)N(C(=O)c2cc(-c3ccc(Cl)cc3)no2)c2ccccc21. The number of hydrogen-bond acceptors (Lipinski definition) is 4. The second-order valence-electron chi connectivity index (χ2n) is 8.87. The number of benzene rings is 3. The molecule has 0 fully saturated rings. The summed E-state index contributed by atoms with van der Waals surface area (Å²) in [5.74, 6) is -0.0744. The van der Waals surface area contributed by atoms with E-state index in [1.54, 1.807) is 23.1 Å². The van der Waals surface area contributed by atoms with Crippen molar-refractivity contribution in [3.8, 4) is 11.3 Å². The third kappa shape index (κ3) is 4.40. The summed E-state index contributed by atoms with van der Waals surface area (Å²) in [6, 6.07) is 25.9. The molecular formula is C29H26ClN3O3. The molecule has 0 radical (unpaired) electrons. The van der Waals surface area contributed by atoms with Crippen LogP contribution in [0.15, 0.2) is 89.5 Å². The van der Waals surface area contributed by atoms with Crippen LogP contribution in [0.4, 0.5) is 11.4 Å². The minimum absolute atomic E-state index is 0.0378. The molecule has 2 atom stereocenters. The molecule has 0 aliphatic carbocycles. The van der Waals surface area contributed by atoms with Gasteiger partial charge in [-0.15, -0.1) is 0 Å². The van der Waals surface area contributed by atoms with Crippen LogP contribution in [0, 0.1) is 0 Å². The summed E-state index contributed by atoms with van der Waals surface area (Å²) in [6.07, 6.45) is 0.970. The van der Waals surface area contributed by atoms with Gasteiger partial charge in [-0.3, -0.25) is 9.59 Å². The Morgan fingerprint density at radius 2 is 1.72 bits per heavy atom. The van der Waals surface area contributed by atoms with Crippen molar-refractivity contribution >= 4 is 34.8 Å². The van der Waals surface area contributed by atoms with Gasteiger partial charge in [0.05, 0.1) is 6.04 Å². The summed E-state index contributed by atoms with van der Waals surface area (Å²) in [4.78, 5) is 30.4. The predicted molar refractivity (Wildman–Crippen MR) is 141 cm³/mol. The Balaban J connectivity index is 1.51. The minimum atomic E-state index is -0.269. The molecule has 4 aromatic rings. The quantitative estimate of drug-likeness (QED) is 0.299. The predicted octanol–water partition coefficient (Wildman–Crippen LogP) is 6.92. The maximum Gasteiger partial charge on any atom is 0.297 e. The highest BCUT2D eigenvalue weighted by atomic mass is 35.5. The van der Waals surface area contributed by atoms with Gasteiger partial charge in [0, 0.05) is 40.5 Å². The fraction of sp³-hybridized carbons (Fsp3) is 0.207. The average Bonchev–Trinajstić information content (AvgIpc) is 3.40. The van der Waals surface area contributed by atoms with Gasteiger partial charge in [-0.1, -0.05) is 72.2 Å². The lowest BCUT2D eigenvalue weighted by atomic mass is 9.89. The fourth-order valence-electron chi connectivity index (χ4n) is 4.84. The highest BCUT2D eigenvalue weighted by molar-refractivity contribution is 6.30. The number of para-hydroxylation sites is 2. The van der Waals surface area contributed by atoms with E-state index in [1.165, 1.54) is 0 Å². The van der Waals surface area contributed by atoms with Gasteiger partial charge in [0.2, 0.25) is 11.7 Å². The summed E-state index contributed by atoms with van der Waals surface area (Å²) in [5, 5.41) is 4.73. The number of rotatable bonds is 5. The lowest BCUT2D eigenvalue weighted by Crippen LogP contribution is -2.47. The van der Waals surface area contributed by atoms with Gasteiger partial charge < -0.3 is 14.3 Å². The van der Waals surface area contributed by atoms with Crippen LogP contribution in [0.1, 0.15) is 48.8 Å². The average molecular weight is 500 g/mol. The third-order valence-electron chi connectivity index (χ3n) is 6.56. The Morgan fingerprint density at radius 1 is 1.03 bits per heavy atom. The summed E-state index contributed by atoms with van der Waals surface area (Å²) in [7, 11) is 0. The number of anilines is 2. The van der Waals surface area contributed by atoms with Gasteiger partial charge in [0.25, 0.3) is 5.91 Å². The van der Waals surface area contributed by atoms with E-state index >= 15 is 0 Å². The number of hydrogen-bond donors (Lipinski definition) is 0. The van der Waals surface area contributed by atoms with E-state index in [1.807, 2.05) is 85.5 Å². The second kappa shape index (κ2) is 9.99. The van der Waals surface area contributed by atoms with Crippen molar-refractivity contribution in [3.05, 3.63) is 101 Å². The molecule has 2 amide bonds. The number of nitrogens with zero attached hydrogens (tertiary/aromatic N) is 3. The van der Waals surface area contributed by atoms with Gasteiger partial charge in [0.1, 0.15) is 5.69 Å². The molecule has 2 heterocycles. The van der Waals surface area contributed by atoms with E-state index in [2.05, 4.69) is 5.16 Å². The number of carbonyl (C=O) groups excluding carboxylic acids is 2. The number of aromatic nitrogens is 1. The first kappa shape index (κ1) is 23.8. The molecule has 3 aromatic carbocycles.